The highest BCUT2D eigenvalue weighted by Gasteiger charge is 2.17. The molecule has 20 heavy (non-hydrogen) atoms. The van der Waals surface area contributed by atoms with Gasteiger partial charge in [-0.1, -0.05) is 31.2 Å². The van der Waals surface area contributed by atoms with Crippen LogP contribution in [0.4, 0.5) is 5.13 Å². The molecule has 0 radical (unpaired) electrons. The van der Waals surface area contributed by atoms with Gasteiger partial charge >= 0.3 is 5.97 Å². The second kappa shape index (κ2) is 6.49. The van der Waals surface area contributed by atoms with Gasteiger partial charge in [0.1, 0.15) is 6.04 Å². The molecular weight excluding hydrogens is 274 g/mol. The van der Waals surface area contributed by atoms with Crippen molar-refractivity contribution in [2.24, 2.45) is 5.73 Å². The van der Waals surface area contributed by atoms with Gasteiger partial charge in [0.2, 0.25) is 0 Å². The zero-order valence-electron chi connectivity index (χ0n) is 11.2. The predicted molar refractivity (Wildman–Crippen MR) is 79.8 cm³/mol. The fourth-order valence-electron chi connectivity index (χ4n) is 1.71. The van der Waals surface area contributed by atoms with Crippen molar-refractivity contribution in [3.8, 4) is 0 Å². The van der Waals surface area contributed by atoms with Gasteiger partial charge in [0, 0.05) is 11.9 Å². The maximum Gasteiger partial charge on any atom is 0.326 e. The van der Waals surface area contributed by atoms with E-state index in [-0.39, 0.29) is 0 Å². The molecule has 1 unspecified atom stereocenters. The third-order valence-corrected chi connectivity index (χ3v) is 3.80. The summed E-state index contributed by atoms with van der Waals surface area (Å²) in [5, 5.41) is 14.3. The number of carbonyl (C=O) groups is 1. The molecule has 6 heteroatoms. The minimum Gasteiger partial charge on any atom is -0.480 e. The Bertz CT molecular complexity index is 580. The van der Waals surface area contributed by atoms with Crippen LogP contribution in [-0.2, 0) is 17.8 Å². The standard InChI is InChI=1S/C14H17N3O2S/c1-2-9-3-5-10(6-4-9)7-16-14-17-11(8-20-14)12(15)13(18)19/h3-6,8,12H,2,7,15H2,1H3,(H,16,17)(H,18,19). The number of anilines is 1. The average Bonchev–Trinajstić information content (AvgIpc) is 2.93. The van der Waals surface area contributed by atoms with Gasteiger partial charge in [0.15, 0.2) is 5.13 Å². The highest BCUT2D eigenvalue weighted by atomic mass is 32.1. The van der Waals surface area contributed by atoms with E-state index in [1.807, 2.05) is 0 Å². The summed E-state index contributed by atoms with van der Waals surface area (Å²) in [5.41, 5.74) is 8.35. The first-order valence-electron chi connectivity index (χ1n) is 6.35. The first-order valence-corrected chi connectivity index (χ1v) is 7.23. The monoisotopic (exact) mass is 291 g/mol. The minimum absolute atomic E-state index is 0.381. The summed E-state index contributed by atoms with van der Waals surface area (Å²) in [7, 11) is 0. The van der Waals surface area contributed by atoms with Crippen molar-refractivity contribution in [3.63, 3.8) is 0 Å². The van der Waals surface area contributed by atoms with Crippen molar-refractivity contribution >= 4 is 22.4 Å². The molecule has 106 valence electrons. The van der Waals surface area contributed by atoms with Crippen LogP contribution in [-0.4, -0.2) is 16.1 Å². The summed E-state index contributed by atoms with van der Waals surface area (Å²) in [4.78, 5) is 14.9. The van der Waals surface area contributed by atoms with E-state index in [0.717, 1.165) is 12.0 Å². The number of benzene rings is 1. The number of hydrogen-bond donors (Lipinski definition) is 3. The van der Waals surface area contributed by atoms with Crippen LogP contribution < -0.4 is 11.1 Å². The number of nitrogens with zero attached hydrogens (tertiary/aromatic N) is 1. The van der Waals surface area contributed by atoms with Crippen LogP contribution in [0.1, 0.15) is 29.8 Å². The van der Waals surface area contributed by atoms with Crippen LogP contribution >= 0.6 is 11.3 Å². The molecule has 2 rings (SSSR count). The summed E-state index contributed by atoms with van der Waals surface area (Å²) in [6, 6.07) is 7.28. The summed E-state index contributed by atoms with van der Waals surface area (Å²) >= 11 is 1.36. The number of aromatic nitrogens is 1. The van der Waals surface area contributed by atoms with Gasteiger partial charge in [-0.3, -0.25) is 4.79 Å². The van der Waals surface area contributed by atoms with Gasteiger partial charge < -0.3 is 16.2 Å². The molecule has 0 aliphatic heterocycles. The number of nitrogens with one attached hydrogen (secondary N) is 1. The van der Waals surface area contributed by atoms with E-state index >= 15 is 0 Å². The average molecular weight is 291 g/mol. The van der Waals surface area contributed by atoms with E-state index in [4.69, 9.17) is 10.8 Å². The zero-order chi connectivity index (χ0) is 14.5. The largest absolute Gasteiger partial charge is 0.480 e. The highest BCUT2D eigenvalue weighted by molar-refractivity contribution is 7.13. The smallest absolute Gasteiger partial charge is 0.326 e. The number of aryl methyl sites for hydroxylation is 1. The maximum atomic E-state index is 10.8. The lowest BCUT2D eigenvalue weighted by Gasteiger charge is -2.04. The van der Waals surface area contributed by atoms with Crippen LogP contribution in [0, 0.1) is 0 Å². The highest BCUT2D eigenvalue weighted by Crippen LogP contribution is 2.20. The van der Waals surface area contributed by atoms with Crippen molar-refractivity contribution in [2.45, 2.75) is 25.9 Å². The van der Waals surface area contributed by atoms with Crippen LogP contribution in [0.15, 0.2) is 29.6 Å². The summed E-state index contributed by atoms with van der Waals surface area (Å²) in [6.07, 6.45) is 1.02. The molecule has 5 nitrogen and oxygen atoms in total. The Morgan fingerprint density at radius 2 is 2.05 bits per heavy atom. The van der Waals surface area contributed by atoms with E-state index in [0.29, 0.717) is 17.4 Å². The van der Waals surface area contributed by atoms with E-state index in [9.17, 15) is 4.79 Å². The Morgan fingerprint density at radius 3 is 2.65 bits per heavy atom. The number of rotatable bonds is 6. The number of aliphatic carboxylic acids is 1. The molecule has 2 aromatic rings. The third kappa shape index (κ3) is 3.55. The van der Waals surface area contributed by atoms with Crippen molar-refractivity contribution in [1.82, 2.24) is 4.98 Å². The van der Waals surface area contributed by atoms with Gasteiger partial charge in [-0.15, -0.1) is 11.3 Å². The summed E-state index contributed by atoms with van der Waals surface area (Å²) < 4.78 is 0. The Labute approximate surface area is 121 Å². The SMILES string of the molecule is CCc1ccc(CNc2nc(C(N)C(=O)O)cs2)cc1. The lowest BCUT2D eigenvalue weighted by molar-refractivity contribution is -0.138. The Kier molecular flexibility index (Phi) is 4.70. The quantitative estimate of drug-likeness (QED) is 0.760. The molecule has 0 amide bonds. The van der Waals surface area contributed by atoms with Crippen molar-refractivity contribution < 1.29 is 9.90 Å². The van der Waals surface area contributed by atoms with E-state index in [1.54, 1.807) is 5.38 Å². The number of carboxylic acids is 1. The molecule has 0 saturated carbocycles. The second-order valence-corrected chi connectivity index (χ2v) is 5.28. The Hall–Kier alpha value is -1.92. The van der Waals surface area contributed by atoms with Crippen LogP contribution in [0.3, 0.4) is 0 Å². The Balaban J connectivity index is 1.95. The third-order valence-electron chi connectivity index (χ3n) is 2.98. The van der Waals surface area contributed by atoms with Crippen LogP contribution in [0.2, 0.25) is 0 Å². The van der Waals surface area contributed by atoms with Gasteiger partial charge in [0.05, 0.1) is 5.69 Å². The molecule has 0 aliphatic carbocycles. The molecule has 1 atom stereocenters. The van der Waals surface area contributed by atoms with Crippen LogP contribution in [0.25, 0.3) is 0 Å². The number of carboxylic acid groups (broad SMARTS) is 1. The van der Waals surface area contributed by atoms with Gasteiger partial charge in [-0.2, -0.15) is 0 Å². The molecule has 0 saturated heterocycles. The second-order valence-electron chi connectivity index (χ2n) is 4.42. The first kappa shape index (κ1) is 14.5. The summed E-state index contributed by atoms with van der Waals surface area (Å²) in [6.45, 7) is 2.77. The molecule has 0 bridgehead atoms. The lowest BCUT2D eigenvalue weighted by atomic mass is 10.1. The molecule has 1 aromatic heterocycles. The fraction of sp³-hybridized carbons (Fsp3) is 0.286. The number of nitrogens with two attached hydrogens (primary N) is 1. The van der Waals surface area contributed by atoms with E-state index in [1.165, 1.54) is 16.9 Å². The first-order chi connectivity index (χ1) is 9.60. The Morgan fingerprint density at radius 1 is 1.40 bits per heavy atom. The lowest BCUT2D eigenvalue weighted by Crippen LogP contribution is -2.20. The maximum absolute atomic E-state index is 10.8. The van der Waals surface area contributed by atoms with Crippen molar-refractivity contribution in [2.75, 3.05) is 5.32 Å². The normalized spacial score (nSPS) is 12.1. The fourth-order valence-corrected chi connectivity index (χ4v) is 2.45. The molecule has 1 heterocycles. The number of hydrogen-bond acceptors (Lipinski definition) is 5. The molecule has 0 spiro atoms. The van der Waals surface area contributed by atoms with Crippen molar-refractivity contribution in [3.05, 3.63) is 46.5 Å². The zero-order valence-corrected chi connectivity index (χ0v) is 12.0. The van der Waals surface area contributed by atoms with E-state index in [2.05, 4.69) is 41.5 Å². The molecular formula is C14H17N3O2S. The van der Waals surface area contributed by atoms with Gasteiger partial charge in [0.25, 0.3) is 0 Å². The molecule has 1 aromatic carbocycles. The molecule has 0 aliphatic rings. The molecule has 4 N–H and O–H groups in total. The van der Waals surface area contributed by atoms with E-state index < -0.39 is 12.0 Å². The van der Waals surface area contributed by atoms with Gasteiger partial charge in [-0.25, -0.2) is 4.98 Å². The minimum atomic E-state index is -1.07. The molecule has 0 fully saturated rings. The van der Waals surface area contributed by atoms with Gasteiger partial charge in [-0.05, 0) is 17.5 Å². The van der Waals surface area contributed by atoms with Crippen molar-refractivity contribution in [1.29, 1.82) is 0 Å². The topological polar surface area (TPSA) is 88.2 Å². The number of thiazole rings is 1. The summed E-state index contributed by atoms with van der Waals surface area (Å²) in [5.74, 6) is -1.07. The van der Waals surface area contributed by atoms with Crippen LogP contribution in [0.5, 0.6) is 0 Å². The predicted octanol–water partition coefficient (Wildman–Crippen LogP) is 2.40.